The van der Waals surface area contributed by atoms with Crippen molar-refractivity contribution in [2.45, 2.75) is 18.9 Å². The molecule has 0 saturated carbocycles. The molecule has 1 aliphatic rings. The molecule has 2 aromatic heterocycles. The van der Waals surface area contributed by atoms with Crippen LogP contribution in [0.4, 0.5) is 5.95 Å². The van der Waals surface area contributed by atoms with Gasteiger partial charge in [0.1, 0.15) is 0 Å². The number of nitrogens with zero attached hydrogens (tertiary/aromatic N) is 4. The van der Waals surface area contributed by atoms with Gasteiger partial charge in [-0.15, -0.1) is 5.10 Å². The first-order valence-corrected chi connectivity index (χ1v) is 6.11. The van der Waals surface area contributed by atoms with Crippen LogP contribution in [0.15, 0.2) is 24.4 Å². The van der Waals surface area contributed by atoms with E-state index in [1.165, 1.54) is 12.8 Å². The van der Waals surface area contributed by atoms with Crippen LogP contribution in [0, 0.1) is 0 Å². The summed E-state index contributed by atoms with van der Waals surface area (Å²) in [5.74, 6) is 0.856. The van der Waals surface area contributed by atoms with Gasteiger partial charge in [0.25, 0.3) is 0 Å². The normalized spacial score (nSPS) is 20.3. The topological polar surface area (TPSA) is 45.5 Å². The lowest BCUT2D eigenvalue weighted by Gasteiger charge is -2.22. The van der Waals surface area contributed by atoms with E-state index in [1.54, 1.807) is 0 Å². The summed E-state index contributed by atoms with van der Waals surface area (Å²) in [6.07, 6.45) is 4.38. The zero-order chi connectivity index (χ0) is 11.7. The number of anilines is 1. The highest BCUT2D eigenvalue weighted by molar-refractivity contribution is 5.45. The van der Waals surface area contributed by atoms with Gasteiger partial charge in [0.15, 0.2) is 5.65 Å². The zero-order valence-electron chi connectivity index (χ0n) is 10.0. The minimum atomic E-state index is 0.525. The largest absolute Gasteiger partial charge is 0.335 e. The highest BCUT2D eigenvalue weighted by Gasteiger charge is 2.26. The Morgan fingerprint density at radius 3 is 3.24 bits per heavy atom. The highest BCUT2D eigenvalue weighted by Crippen LogP contribution is 2.22. The van der Waals surface area contributed by atoms with Crippen molar-refractivity contribution in [3.63, 3.8) is 0 Å². The Balaban J connectivity index is 1.92. The standard InChI is InChI=1S/C12H17N5/c1-13-9-10-5-4-7-16(10)12-14-11-6-2-3-8-17(11)15-12/h2-3,6,8,10,13H,4-5,7,9H2,1H3. The number of hydrogen-bond acceptors (Lipinski definition) is 4. The van der Waals surface area contributed by atoms with Crippen LogP contribution in [-0.4, -0.2) is 40.8 Å². The Kier molecular flexibility index (Phi) is 2.68. The van der Waals surface area contributed by atoms with Crippen molar-refractivity contribution in [1.29, 1.82) is 0 Å². The molecule has 5 heteroatoms. The minimum Gasteiger partial charge on any atom is -0.335 e. The molecule has 0 radical (unpaired) electrons. The van der Waals surface area contributed by atoms with Crippen molar-refractivity contribution in [1.82, 2.24) is 19.9 Å². The van der Waals surface area contributed by atoms with E-state index in [-0.39, 0.29) is 0 Å². The zero-order valence-corrected chi connectivity index (χ0v) is 10.0. The minimum absolute atomic E-state index is 0.525. The Bertz CT molecular complexity index is 473. The monoisotopic (exact) mass is 231 g/mol. The van der Waals surface area contributed by atoms with Crippen LogP contribution in [-0.2, 0) is 0 Å². The summed E-state index contributed by atoms with van der Waals surface area (Å²) in [4.78, 5) is 6.89. The second-order valence-corrected chi connectivity index (χ2v) is 4.46. The summed E-state index contributed by atoms with van der Waals surface area (Å²) in [6, 6.07) is 6.47. The van der Waals surface area contributed by atoms with E-state index in [1.807, 2.05) is 36.0 Å². The second-order valence-electron chi connectivity index (χ2n) is 4.46. The van der Waals surface area contributed by atoms with Gasteiger partial charge < -0.3 is 10.2 Å². The number of hydrogen-bond donors (Lipinski definition) is 1. The number of likely N-dealkylation sites (N-methyl/N-ethyl adjacent to an activating group) is 1. The van der Waals surface area contributed by atoms with Crippen LogP contribution in [0.2, 0.25) is 0 Å². The van der Waals surface area contributed by atoms with Crippen molar-refractivity contribution >= 4 is 11.6 Å². The van der Waals surface area contributed by atoms with Crippen molar-refractivity contribution < 1.29 is 0 Å². The van der Waals surface area contributed by atoms with Crippen LogP contribution < -0.4 is 10.2 Å². The van der Waals surface area contributed by atoms with Crippen LogP contribution in [0.25, 0.3) is 5.65 Å². The van der Waals surface area contributed by atoms with Crippen LogP contribution in [0.1, 0.15) is 12.8 Å². The maximum absolute atomic E-state index is 4.58. The Hall–Kier alpha value is -1.62. The van der Waals surface area contributed by atoms with E-state index in [2.05, 4.69) is 20.3 Å². The van der Waals surface area contributed by atoms with Gasteiger partial charge in [-0.05, 0) is 32.0 Å². The molecule has 1 unspecified atom stereocenters. The molecule has 17 heavy (non-hydrogen) atoms. The molecule has 5 nitrogen and oxygen atoms in total. The molecule has 2 aromatic rings. The second kappa shape index (κ2) is 4.33. The maximum Gasteiger partial charge on any atom is 0.245 e. The van der Waals surface area contributed by atoms with Crippen LogP contribution in [0.3, 0.4) is 0 Å². The molecule has 1 saturated heterocycles. The van der Waals surface area contributed by atoms with E-state index in [4.69, 9.17) is 0 Å². The predicted octanol–water partition coefficient (Wildman–Crippen LogP) is 0.917. The van der Waals surface area contributed by atoms with E-state index in [9.17, 15) is 0 Å². The van der Waals surface area contributed by atoms with Crippen LogP contribution >= 0.6 is 0 Å². The third-order valence-electron chi connectivity index (χ3n) is 3.30. The van der Waals surface area contributed by atoms with Gasteiger partial charge in [-0.25, -0.2) is 4.52 Å². The number of fused-ring (bicyclic) bond motifs is 1. The van der Waals surface area contributed by atoms with E-state index in [0.29, 0.717) is 6.04 Å². The molecule has 0 bridgehead atoms. The van der Waals surface area contributed by atoms with Gasteiger partial charge in [0, 0.05) is 25.3 Å². The summed E-state index contributed by atoms with van der Waals surface area (Å²) in [6.45, 7) is 2.05. The molecule has 1 aliphatic heterocycles. The average molecular weight is 231 g/mol. The first-order valence-electron chi connectivity index (χ1n) is 6.11. The smallest absolute Gasteiger partial charge is 0.245 e. The molecular formula is C12H17N5. The van der Waals surface area contributed by atoms with Gasteiger partial charge in [0.2, 0.25) is 5.95 Å². The number of aromatic nitrogens is 3. The molecule has 3 rings (SSSR count). The van der Waals surface area contributed by atoms with Gasteiger partial charge >= 0.3 is 0 Å². The number of nitrogens with one attached hydrogen (secondary N) is 1. The fourth-order valence-corrected chi connectivity index (χ4v) is 2.49. The van der Waals surface area contributed by atoms with E-state index in [0.717, 1.165) is 24.7 Å². The van der Waals surface area contributed by atoms with Crippen molar-refractivity contribution in [3.05, 3.63) is 24.4 Å². The highest BCUT2D eigenvalue weighted by atomic mass is 15.4. The van der Waals surface area contributed by atoms with Crippen molar-refractivity contribution in [2.75, 3.05) is 25.0 Å². The summed E-state index contributed by atoms with van der Waals surface area (Å²) in [5, 5.41) is 7.77. The van der Waals surface area contributed by atoms with E-state index < -0.39 is 0 Å². The lowest BCUT2D eigenvalue weighted by molar-refractivity contribution is 0.607. The molecule has 0 aliphatic carbocycles. The molecule has 90 valence electrons. The maximum atomic E-state index is 4.58. The summed E-state index contributed by atoms with van der Waals surface area (Å²) in [5.41, 5.74) is 0.914. The fraction of sp³-hybridized carbons (Fsp3) is 0.500. The molecule has 0 amide bonds. The van der Waals surface area contributed by atoms with Gasteiger partial charge in [-0.1, -0.05) is 6.07 Å². The van der Waals surface area contributed by atoms with Gasteiger partial charge in [-0.3, -0.25) is 0 Å². The van der Waals surface area contributed by atoms with E-state index >= 15 is 0 Å². The third-order valence-corrected chi connectivity index (χ3v) is 3.30. The molecule has 0 aromatic carbocycles. The number of pyridine rings is 1. The lowest BCUT2D eigenvalue weighted by atomic mass is 10.2. The summed E-state index contributed by atoms with van der Waals surface area (Å²) in [7, 11) is 1.99. The van der Waals surface area contributed by atoms with Crippen molar-refractivity contribution in [2.24, 2.45) is 0 Å². The third kappa shape index (κ3) is 1.86. The molecule has 3 heterocycles. The summed E-state index contributed by atoms with van der Waals surface area (Å²) < 4.78 is 1.84. The lowest BCUT2D eigenvalue weighted by Crippen LogP contribution is -2.37. The SMILES string of the molecule is CNCC1CCCN1c1nc2ccccn2n1. The first kappa shape index (κ1) is 10.5. The van der Waals surface area contributed by atoms with Gasteiger partial charge in [0.05, 0.1) is 0 Å². The van der Waals surface area contributed by atoms with Crippen LogP contribution in [0.5, 0.6) is 0 Å². The summed E-state index contributed by atoms with van der Waals surface area (Å²) >= 11 is 0. The molecule has 1 fully saturated rings. The molecule has 0 spiro atoms. The average Bonchev–Trinajstić information content (AvgIpc) is 2.94. The Labute approximate surface area is 100 Å². The molecular weight excluding hydrogens is 214 g/mol. The quantitative estimate of drug-likeness (QED) is 0.853. The Morgan fingerprint density at radius 1 is 1.47 bits per heavy atom. The predicted molar refractivity (Wildman–Crippen MR) is 67.3 cm³/mol. The fourth-order valence-electron chi connectivity index (χ4n) is 2.49. The molecule has 1 N–H and O–H groups in total. The molecule has 1 atom stereocenters. The van der Waals surface area contributed by atoms with Crippen molar-refractivity contribution in [3.8, 4) is 0 Å². The van der Waals surface area contributed by atoms with Gasteiger partial charge in [-0.2, -0.15) is 4.98 Å². The first-order chi connectivity index (χ1) is 8.38. The Morgan fingerprint density at radius 2 is 2.41 bits per heavy atom. The number of rotatable bonds is 3.